The van der Waals surface area contributed by atoms with Crippen LogP contribution in [-0.4, -0.2) is 17.1 Å². The predicted octanol–water partition coefficient (Wildman–Crippen LogP) is 3.18. The third-order valence-corrected chi connectivity index (χ3v) is 4.15. The third kappa shape index (κ3) is 3.06. The first kappa shape index (κ1) is 12.6. The molecule has 1 aromatic heterocycles. The van der Waals surface area contributed by atoms with Crippen molar-refractivity contribution >= 4 is 0 Å². The van der Waals surface area contributed by atoms with E-state index in [-0.39, 0.29) is 5.54 Å². The fraction of sp³-hybridized carbons (Fsp3) is 0.667. The van der Waals surface area contributed by atoms with Gasteiger partial charge in [0, 0.05) is 17.9 Å². The Morgan fingerprint density at radius 2 is 2.00 bits per heavy atom. The van der Waals surface area contributed by atoms with Crippen molar-refractivity contribution in [3.05, 3.63) is 30.1 Å². The van der Waals surface area contributed by atoms with Gasteiger partial charge in [-0.25, -0.2) is 0 Å². The number of nitrogens with one attached hydrogen (secondary N) is 1. The van der Waals surface area contributed by atoms with Crippen LogP contribution in [-0.2, 0) is 6.42 Å². The van der Waals surface area contributed by atoms with Gasteiger partial charge in [-0.15, -0.1) is 0 Å². The Labute approximate surface area is 105 Å². The Hall–Kier alpha value is -0.890. The Morgan fingerprint density at radius 1 is 1.24 bits per heavy atom. The van der Waals surface area contributed by atoms with Gasteiger partial charge >= 0.3 is 0 Å². The van der Waals surface area contributed by atoms with Crippen LogP contribution >= 0.6 is 0 Å². The summed E-state index contributed by atoms with van der Waals surface area (Å²) in [5.41, 5.74) is 1.70. The van der Waals surface area contributed by atoms with E-state index < -0.39 is 0 Å². The minimum atomic E-state index is 0.290. The molecule has 1 aromatic rings. The molecule has 2 heteroatoms. The molecule has 2 heterocycles. The van der Waals surface area contributed by atoms with Crippen molar-refractivity contribution in [2.24, 2.45) is 5.92 Å². The molecule has 94 valence electrons. The molecule has 0 saturated carbocycles. The molecule has 1 fully saturated rings. The van der Waals surface area contributed by atoms with Gasteiger partial charge in [-0.05, 0) is 49.4 Å². The second-order valence-corrected chi connectivity index (χ2v) is 5.58. The van der Waals surface area contributed by atoms with E-state index in [4.69, 9.17) is 0 Å². The van der Waals surface area contributed by atoms with Gasteiger partial charge in [0.2, 0.25) is 0 Å². The largest absolute Gasteiger partial charge is 0.311 e. The zero-order valence-electron chi connectivity index (χ0n) is 11.1. The number of aromatic nitrogens is 1. The zero-order chi connectivity index (χ0) is 12.1. The molecule has 1 aliphatic heterocycles. The average molecular weight is 232 g/mol. The van der Waals surface area contributed by atoms with Gasteiger partial charge in [0.05, 0.1) is 0 Å². The summed E-state index contributed by atoms with van der Waals surface area (Å²) in [5.74, 6) is 0.675. The molecule has 1 unspecified atom stereocenters. The van der Waals surface area contributed by atoms with Crippen LogP contribution in [0.2, 0.25) is 0 Å². The van der Waals surface area contributed by atoms with Gasteiger partial charge in [-0.1, -0.05) is 26.7 Å². The maximum atomic E-state index is 4.10. The highest BCUT2D eigenvalue weighted by Crippen LogP contribution is 2.30. The number of hydrogen-bond donors (Lipinski definition) is 1. The Morgan fingerprint density at radius 3 is 2.71 bits per heavy atom. The Balaban J connectivity index is 2.16. The molecule has 1 aliphatic rings. The highest BCUT2D eigenvalue weighted by Gasteiger charge is 2.33. The lowest BCUT2D eigenvalue weighted by atomic mass is 9.78. The molecule has 0 radical (unpaired) electrons. The van der Waals surface area contributed by atoms with E-state index in [1.807, 2.05) is 12.4 Å². The predicted molar refractivity (Wildman–Crippen MR) is 72.0 cm³/mol. The molecule has 1 atom stereocenters. The highest BCUT2D eigenvalue weighted by atomic mass is 15.0. The van der Waals surface area contributed by atoms with E-state index in [9.17, 15) is 0 Å². The summed E-state index contributed by atoms with van der Waals surface area (Å²) in [7, 11) is 0. The number of nitrogens with zero attached hydrogens (tertiary/aromatic N) is 1. The van der Waals surface area contributed by atoms with Crippen molar-refractivity contribution in [1.29, 1.82) is 0 Å². The van der Waals surface area contributed by atoms with E-state index >= 15 is 0 Å². The summed E-state index contributed by atoms with van der Waals surface area (Å²) in [4.78, 5) is 4.10. The fourth-order valence-electron chi connectivity index (χ4n) is 2.88. The summed E-state index contributed by atoms with van der Waals surface area (Å²) < 4.78 is 0. The fourth-order valence-corrected chi connectivity index (χ4v) is 2.88. The molecule has 0 aliphatic carbocycles. The molecule has 0 amide bonds. The molecular weight excluding hydrogens is 208 g/mol. The summed E-state index contributed by atoms with van der Waals surface area (Å²) >= 11 is 0. The van der Waals surface area contributed by atoms with Crippen molar-refractivity contribution in [3.8, 4) is 0 Å². The van der Waals surface area contributed by atoms with Gasteiger partial charge in [0.15, 0.2) is 0 Å². The second-order valence-electron chi connectivity index (χ2n) is 5.58. The summed E-state index contributed by atoms with van der Waals surface area (Å²) in [6, 6.07) is 4.30. The number of pyridine rings is 1. The number of rotatable bonds is 3. The minimum absolute atomic E-state index is 0.290. The second kappa shape index (κ2) is 5.63. The Kier molecular flexibility index (Phi) is 4.16. The van der Waals surface area contributed by atoms with Crippen LogP contribution in [0.25, 0.3) is 0 Å². The topological polar surface area (TPSA) is 24.9 Å². The molecule has 0 spiro atoms. The molecule has 17 heavy (non-hydrogen) atoms. The standard InChI is InChI=1S/C15H24N2/c1-13(2)15(8-4-3-5-9-17-15)12-14-6-10-16-11-7-14/h6-7,10-11,13,17H,3-5,8-9,12H2,1-2H3. The lowest BCUT2D eigenvalue weighted by Gasteiger charge is -2.38. The maximum Gasteiger partial charge on any atom is 0.0270 e. The van der Waals surface area contributed by atoms with E-state index in [0.717, 1.165) is 6.42 Å². The summed E-state index contributed by atoms with van der Waals surface area (Å²) in [6.07, 6.45) is 10.3. The van der Waals surface area contributed by atoms with E-state index in [1.165, 1.54) is 37.8 Å². The summed E-state index contributed by atoms with van der Waals surface area (Å²) in [6.45, 7) is 5.86. The van der Waals surface area contributed by atoms with Crippen molar-refractivity contribution in [3.63, 3.8) is 0 Å². The molecular formula is C15H24N2. The third-order valence-electron chi connectivity index (χ3n) is 4.15. The van der Waals surface area contributed by atoms with Gasteiger partial charge < -0.3 is 5.32 Å². The first-order valence-corrected chi connectivity index (χ1v) is 6.87. The van der Waals surface area contributed by atoms with Crippen LogP contribution in [0.15, 0.2) is 24.5 Å². The molecule has 0 bridgehead atoms. The van der Waals surface area contributed by atoms with E-state index in [0.29, 0.717) is 5.92 Å². The first-order chi connectivity index (χ1) is 8.23. The lowest BCUT2D eigenvalue weighted by molar-refractivity contribution is 0.226. The monoisotopic (exact) mass is 232 g/mol. The van der Waals surface area contributed by atoms with Gasteiger partial charge in [-0.3, -0.25) is 4.98 Å². The van der Waals surface area contributed by atoms with Crippen LogP contribution < -0.4 is 5.32 Å². The molecule has 0 aromatic carbocycles. The van der Waals surface area contributed by atoms with Gasteiger partial charge in [-0.2, -0.15) is 0 Å². The first-order valence-electron chi connectivity index (χ1n) is 6.87. The van der Waals surface area contributed by atoms with E-state index in [2.05, 4.69) is 36.3 Å². The normalized spacial score (nSPS) is 25.8. The highest BCUT2D eigenvalue weighted by molar-refractivity contribution is 5.15. The zero-order valence-corrected chi connectivity index (χ0v) is 11.1. The maximum absolute atomic E-state index is 4.10. The van der Waals surface area contributed by atoms with Gasteiger partial charge in [0.1, 0.15) is 0 Å². The summed E-state index contributed by atoms with van der Waals surface area (Å²) in [5, 5.41) is 3.82. The van der Waals surface area contributed by atoms with Crippen molar-refractivity contribution in [2.75, 3.05) is 6.54 Å². The van der Waals surface area contributed by atoms with Crippen LogP contribution in [0.4, 0.5) is 0 Å². The lowest BCUT2D eigenvalue weighted by Crippen LogP contribution is -2.50. The van der Waals surface area contributed by atoms with Crippen LogP contribution in [0.1, 0.15) is 45.1 Å². The molecule has 2 rings (SSSR count). The van der Waals surface area contributed by atoms with Gasteiger partial charge in [0.25, 0.3) is 0 Å². The Bertz CT molecular complexity index is 324. The van der Waals surface area contributed by atoms with Crippen LogP contribution in [0.3, 0.4) is 0 Å². The molecule has 1 N–H and O–H groups in total. The van der Waals surface area contributed by atoms with Crippen molar-refractivity contribution < 1.29 is 0 Å². The molecule has 2 nitrogen and oxygen atoms in total. The SMILES string of the molecule is CC(C)C1(Cc2ccncc2)CCCCCN1. The van der Waals surface area contributed by atoms with Crippen molar-refractivity contribution in [1.82, 2.24) is 10.3 Å². The van der Waals surface area contributed by atoms with Crippen LogP contribution in [0.5, 0.6) is 0 Å². The van der Waals surface area contributed by atoms with E-state index in [1.54, 1.807) is 0 Å². The average Bonchev–Trinajstić information content (AvgIpc) is 2.57. The smallest absolute Gasteiger partial charge is 0.0270 e. The minimum Gasteiger partial charge on any atom is -0.311 e. The quantitative estimate of drug-likeness (QED) is 0.865. The number of hydrogen-bond acceptors (Lipinski definition) is 2. The molecule has 1 saturated heterocycles. The van der Waals surface area contributed by atoms with Crippen molar-refractivity contribution in [2.45, 2.75) is 51.5 Å². The van der Waals surface area contributed by atoms with Crippen LogP contribution in [0, 0.1) is 5.92 Å².